The molecule has 2 bridgehead atoms. The van der Waals surface area contributed by atoms with Gasteiger partial charge in [-0.05, 0) is 24.7 Å². The molecule has 66 valence electrons. The van der Waals surface area contributed by atoms with Gasteiger partial charge in [0.2, 0.25) is 0 Å². The van der Waals surface area contributed by atoms with Crippen molar-refractivity contribution in [3.05, 3.63) is 12.2 Å². The van der Waals surface area contributed by atoms with Gasteiger partial charge in [0.1, 0.15) is 5.78 Å². The summed E-state index contributed by atoms with van der Waals surface area (Å²) in [6, 6.07) is 0. The molecule has 3 unspecified atom stereocenters. The van der Waals surface area contributed by atoms with E-state index < -0.39 is 0 Å². The van der Waals surface area contributed by atoms with Crippen LogP contribution in [-0.2, 0) is 4.79 Å². The molecule has 12 heavy (non-hydrogen) atoms. The van der Waals surface area contributed by atoms with E-state index in [1.54, 1.807) is 0 Å². The van der Waals surface area contributed by atoms with Gasteiger partial charge in [-0.3, -0.25) is 4.79 Å². The van der Waals surface area contributed by atoms with Crippen molar-refractivity contribution in [2.45, 2.75) is 26.7 Å². The fourth-order valence-corrected chi connectivity index (χ4v) is 2.54. The lowest BCUT2D eigenvalue weighted by Crippen LogP contribution is -2.23. The highest BCUT2D eigenvalue weighted by Crippen LogP contribution is 2.44. The molecule has 1 nitrogen and oxygen atoms in total. The lowest BCUT2D eigenvalue weighted by Gasteiger charge is -2.18. The summed E-state index contributed by atoms with van der Waals surface area (Å²) in [6.07, 6.45) is 6.90. The molecular weight excluding hydrogens is 148 g/mol. The van der Waals surface area contributed by atoms with E-state index in [0.717, 1.165) is 12.3 Å². The van der Waals surface area contributed by atoms with Crippen LogP contribution in [0, 0.1) is 23.7 Å². The summed E-state index contributed by atoms with van der Waals surface area (Å²) in [6.45, 7) is 4.02. The Hall–Kier alpha value is -0.590. The van der Waals surface area contributed by atoms with Gasteiger partial charge < -0.3 is 0 Å². The van der Waals surface area contributed by atoms with E-state index in [-0.39, 0.29) is 5.92 Å². The van der Waals surface area contributed by atoms with Gasteiger partial charge in [0.15, 0.2) is 0 Å². The number of rotatable bonds is 2. The molecule has 0 aromatic heterocycles. The highest BCUT2D eigenvalue weighted by atomic mass is 16.1. The Balaban J connectivity index is 2.08. The second-order valence-corrected chi connectivity index (χ2v) is 4.44. The van der Waals surface area contributed by atoms with Gasteiger partial charge in [-0.15, -0.1) is 0 Å². The van der Waals surface area contributed by atoms with Crippen molar-refractivity contribution in [1.82, 2.24) is 0 Å². The largest absolute Gasteiger partial charge is 0.299 e. The Labute approximate surface area is 73.8 Å². The summed E-state index contributed by atoms with van der Waals surface area (Å²) >= 11 is 0. The minimum atomic E-state index is 0.225. The summed E-state index contributed by atoms with van der Waals surface area (Å²) in [5, 5.41) is 0. The second kappa shape index (κ2) is 2.72. The van der Waals surface area contributed by atoms with E-state index >= 15 is 0 Å². The van der Waals surface area contributed by atoms with Crippen molar-refractivity contribution in [3.63, 3.8) is 0 Å². The van der Waals surface area contributed by atoms with Crippen LogP contribution in [0.1, 0.15) is 26.7 Å². The Bertz CT molecular complexity index is 227. The van der Waals surface area contributed by atoms with Crippen molar-refractivity contribution in [2.24, 2.45) is 23.7 Å². The standard InChI is InChI=1S/C11H16O/c1-7(2)11(12)10-6-8-3-4-9(10)5-8/h3-4,7-10H,5-6H2,1-2H3. The molecule has 0 aromatic rings. The number of ketones is 1. The summed E-state index contributed by atoms with van der Waals surface area (Å²) < 4.78 is 0. The SMILES string of the molecule is CC(C)C(=O)C1CC2C=CC1C2. The predicted molar refractivity (Wildman–Crippen MR) is 48.7 cm³/mol. The number of fused-ring (bicyclic) bond motifs is 2. The molecule has 0 amide bonds. The zero-order valence-electron chi connectivity index (χ0n) is 7.79. The van der Waals surface area contributed by atoms with Gasteiger partial charge in [-0.25, -0.2) is 0 Å². The summed E-state index contributed by atoms with van der Waals surface area (Å²) in [7, 11) is 0. The maximum absolute atomic E-state index is 11.7. The van der Waals surface area contributed by atoms with Crippen LogP contribution in [0.4, 0.5) is 0 Å². The van der Waals surface area contributed by atoms with Crippen LogP contribution < -0.4 is 0 Å². The fraction of sp³-hybridized carbons (Fsp3) is 0.727. The quantitative estimate of drug-likeness (QED) is 0.573. The van der Waals surface area contributed by atoms with Crippen LogP contribution in [0.15, 0.2) is 12.2 Å². The molecular formula is C11H16O. The Morgan fingerprint density at radius 2 is 2.08 bits per heavy atom. The summed E-state index contributed by atoms with van der Waals surface area (Å²) in [5.74, 6) is 2.38. The molecule has 2 rings (SSSR count). The highest BCUT2D eigenvalue weighted by Gasteiger charge is 2.39. The third-order valence-corrected chi connectivity index (χ3v) is 3.21. The number of hydrogen-bond acceptors (Lipinski definition) is 1. The number of allylic oxidation sites excluding steroid dienone is 2. The zero-order valence-corrected chi connectivity index (χ0v) is 7.79. The van der Waals surface area contributed by atoms with Gasteiger partial charge in [-0.2, -0.15) is 0 Å². The molecule has 0 spiro atoms. The maximum atomic E-state index is 11.7. The zero-order chi connectivity index (χ0) is 8.72. The van der Waals surface area contributed by atoms with Gasteiger partial charge in [-0.1, -0.05) is 26.0 Å². The lowest BCUT2D eigenvalue weighted by atomic mass is 9.85. The third-order valence-electron chi connectivity index (χ3n) is 3.21. The maximum Gasteiger partial charge on any atom is 0.139 e. The molecule has 2 aliphatic carbocycles. The minimum absolute atomic E-state index is 0.225. The highest BCUT2D eigenvalue weighted by molar-refractivity contribution is 5.83. The van der Waals surface area contributed by atoms with Gasteiger partial charge in [0, 0.05) is 11.8 Å². The van der Waals surface area contributed by atoms with Gasteiger partial charge >= 0.3 is 0 Å². The van der Waals surface area contributed by atoms with Crippen molar-refractivity contribution < 1.29 is 4.79 Å². The normalized spacial score (nSPS) is 38.1. The van der Waals surface area contributed by atoms with Crippen LogP contribution in [-0.4, -0.2) is 5.78 Å². The van der Waals surface area contributed by atoms with E-state index in [0.29, 0.717) is 17.6 Å². The summed E-state index contributed by atoms with van der Waals surface area (Å²) in [5.41, 5.74) is 0. The van der Waals surface area contributed by atoms with E-state index in [9.17, 15) is 4.79 Å². The van der Waals surface area contributed by atoms with Crippen LogP contribution in [0.3, 0.4) is 0 Å². The van der Waals surface area contributed by atoms with Gasteiger partial charge in [0.25, 0.3) is 0 Å². The van der Waals surface area contributed by atoms with E-state index in [2.05, 4.69) is 12.2 Å². The molecule has 3 atom stereocenters. The predicted octanol–water partition coefficient (Wildman–Crippen LogP) is 2.42. The first-order valence-corrected chi connectivity index (χ1v) is 4.90. The molecule has 1 saturated carbocycles. The second-order valence-electron chi connectivity index (χ2n) is 4.44. The average Bonchev–Trinajstić information content (AvgIpc) is 2.62. The monoisotopic (exact) mass is 164 g/mol. The molecule has 0 saturated heterocycles. The van der Waals surface area contributed by atoms with Crippen LogP contribution in [0.2, 0.25) is 0 Å². The average molecular weight is 164 g/mol. The van der Waals surface area contributed by atoms with Crippen molar-refractivity contribution in [1.29, 1.82) is 0 Å². The molecule has 0 heterocycles. The van der Waals surface area contributed by atoms with Crippen molar-refractivity contribution >= 4 is 5.78 Å². The molecule has 1 heteroatoms. The lowest BCUT2D eigenvalue weighted by molar-refractivity contribution is -0.126. The number of Topliss-reactive ketones (excluding diaryl/α,β-unsaturated/α-hetero) is 1. The molecule has 0 aromatic carbocycles. The fourth-order valence-electron chi connectivity index (χ4n) is 2.54. The smallest absolute Gasteiger partial charge is 0.139 e. The summed E-state index contributed by atoms with van der Waals surface area (Å²) in [4.78, 5) is 11.7. The van der Waals surface area contributed by atoms with Gasteiger partial charge in [0.05, 0.1) is 0 Å². The first-order chi connectivity index (χ1) is 5.68. The molecule has 2 aliphatic rings. The van der Waals surface area contributed by atoms with E-state index in [4.69, 9.17) is 0 Å². The third kappa shape index (κ3) is 1.12. The van der Waals surface area contributed by atoms with Crippen LogP contribution >= 0.6 is 0 Å². The molecule has 0 aliphatic heterocycles. The Morgan fingerprint density at radius 3 is 2.50 bits per heavy atom. The van der Waals surface area contributed by atoms with Crippen molar-refractivity contribution in [2.75, 3.05) is 0 Å². The Kier molecular flexibility index (Phi) is 1.82. The number of carbonyl (C=O) groups excluding carboxylic acids is 1. The topological polar surface area (TPSA) is 17.1 Å². The van der Waals surface area contributed by atoms with Crippen molar-refractivity contribution in [3.8, 4) is 0 Å². The van der Waals surface area contributed by atoms with Crippen LogP contribution in [0.25, 0.3) is 0 Å². The number of carbonyl (C=O) groups is 1. The number of hydrogen-bond donors (Lipinski definition) is 0. The Morgan fingerprint density at radius 1 is 1.33 bits per heavy atom. The first-order valence-electron chi connectivity index (χ1n) is 4.90. The minimum Gasteiger partial charge on any atom is -0.299 e. The van der Waals surface area contributed by atoms with Crippen LogP contribution in [0.5, 0.6) is 0 Å². The molecule has 0 radical (unpaired) electrons. The molecule has 0 N–H and O–H groups in total. The first kappa shape index (κ1) is 8.03. The van der Waals surface area contributed by atoms with E-state index in [1.807, 2.05) is 13.8 Å². The molecule has 1 fully saturated rings. The van der Waals surface area contributed by atoms with E-state index in [1.165, 1.54) is 6.42 Å².